The maximum Gasteiger partial charge on any atom is 0.325 e. The topological polar surface area (TPSA) is 110 Å². The summed E-state index contributed by atoms with van der Waals surface area (Å²) in [5.74, 6) is -1.33. The second kappa shape index (κ2) is 5.60. The lowest BCUT2D eigenvalue weighted by Gasteiger charge is -2.15. The molecule has 0 aliphatic heterocycles. The SMILES string of the molecule is CC(C)(C)c1nnsc1C(=O)Nc1cnn(CC(=O)O)c1. The first kappa shape index (κ1) is 15.1. The van der Waals surface area contributed by atoms with Crippen molar-refractivity contribution in [1.82, 2.24) is 19.4 Å². The number of hydrogen-bond donors (Lipinski definition) is 2. The molecule has 0 unspecified atom stereocenters. The summed E-state index contributed by atoms with van der Waals surface area (Å²) in [7, 11) is 0. The van der Waals surface area contributed by atoms with Crippen LogP contribution in [0.2, 0.25) is 0 Å². The van der Waals surface area contributed by atoms with Crippen molar-refractivity contribution in [1.29, 1.82) is 0 Å². The van der Waals surface area contributed by atoms with Crippen LogP contribution in [0, 0.1) is 0 Å². The highest BCUT2D eigenvalue weighted by atomic mass is 32.1. The van der Waals surface area contributed by atoms with Gasteiger partial charge in [-0.25, -0.2) is 0 Å². The van der Waals surface area contributed by atoms with Gasteiger partial charge in [-0.05, 0) is 11.5 Å². The van der Waals surface area contributed by atoms with E-state index in [1.165, 1.54) is 17.1 Å². The Morgan fingerprint density at radius 3 is 2.76 bits per heavy atom. The molecule has 21 heavy (non-hydrogen) atoms. The monoisotopic (exact) mass is 309 g/mol. The number of rotatable bonds is 4. The summed E-state index contributed by atoms with van der Waals surface area (Å²) in [5.41, 5.74) is 0.769. The van der Waals surface area contributed by atoms with Crippen LogP contribution in [0.4, 0.5) is 5.69 Å². The largest absolute Gasteiger partial charge is 0.480 e. The fourth-order valence-corrected chi connectivity index (χ4v) is 2.44. The van der Waals surface area contributed by atoms with Crippen molar-refractivity contribution < 1.29 is 14.7 Å². The Labute approximate surface area is 125 Å². The minimum absolute atomic E-state index is 0.259. The molecule has 8 nitrogen and oxygen atoms in total. The van der Waals surface area contributed by atoms with Gasteiger partial charge < -0.3 is 10.4 Å². The number of aliphatic carboxylic acids is 1. The highest BCUT2D eigenvalue weighted by Crippen LogP contribution is 2.26. The lowest BCUT2D eigenvalue weighted by molar-refractivity contribution is -0.137. The number of nitrogens with zero attached hydrogens (tertiary/aromatic N) is 4. The maximum atomic E-state index is 12.2. The van der Waals surface area contributed by atoms with E-state index >= 15 is 0 Å². The first-order valence-electron chi connectivity index (χ1n) is 6.16. The number of hydrogen-bond acceptors (Lipinski definition) is 6. The summed E-state index contributed by atoms with van der Waals surface area (Å²) in [6, 6.07) is 0. The Balaban J connectivity index is 2.14. The highest BCUT2D eigenvalue weighted by molar-refractivity contribution is 7.08. The molecule has 0 fully saturated rings. The average Bonchev–Trinajstić information content (AvgIpc) is 2.96. The van der Waals surface area contributed by atoms with Crippen LogP contribution in [0.1, 0.15) is 36.1 Å². The van der Waals surface area contributed by atoms with E-state index in [-0.39, 0.29) is 17.9 Å². The quantitative estimate of drug-likeness (QED) is 0.882. The van der Waals surface area contributed by atoms with Crippen molar-refractivity contribution in [2.24, 2.45) is 0 Å². The molecule has 0 atom stereocenters. The Kier molecular flexibility index (Phi) is 4.03. The van der Waals surface area contributed by atoms with Gasteiger partial charge in [0.05, 0.1) is 17.6 Å². The molecule has 2 N–H and O–H groups in total. The second-order valence-electron chi connectivity index (χ2n) is 5.48. The number of nitrogens with one attached hydrogen (secondary N) is 1. The molecule has 1 amide bonds. The summed E-state index contributed by atoms with van der Waals surface area (Å²) >= 11 is 1.03. The van der Waals surface area contributed by atoms with Gasteiger partial charge in [-0.15, -0.1) is 5.10 Å². The fraction of sp³-hybridized carbons (Fsp3) is 0.417. The number of anilines is 1. The third kappa shape index (κ3) is 3.63. The predicted molar refractivity (Wildman–Crippen MR) is 76.4 cm³/mol. The van der Waals surface area contributed by atoms with Crippen molar-refractivity contribution in [2.75, 3.05) is 5.32 Å². The summed E-state index contributed by atoms with van der Waals surface area (Å²) < 4.78 is 5.06. The van der Waals surface area contributed by atoms with Crippen molar-refractivity contribution in [3.63, 3.8) is 0 Å². The number of aromatic nitrogens is 4. The minimum Gasteiger partial charge on any atom is -0.480 e. The number of amides is 1. The normalized spacial score (nSPS) is 11.4. The van der Waals surface area contributed by atoms with Gasteiger partial charge in [-0.2, -0.15) is 5.10 Å². The second-order valence-corrected chi connectivity index (χ2v) is 6.23. The zero-order valence-corrected chi connectivity index (χ0v) is 12.6. The fourth-order valence-electron chi connectivity index (χ4n) is 1.67. The molecule has 0 aromatic carbocycles. The lowest BCUT2D eigenvalue weighted by Crippen LogP contribution is -2.19. The van der Waals surface area contributed by atoms with E-state index < -0.39 is 5.97 Å². The average molecular weight is 309 g/mol. The highest BCUT2D eigenvalue weighted by Gasteiger charge is 2.26. The summed E-state index contributed by atoms with van der Waals surface area (Å²) in [4.78, 5) is 23.3. The molecular weight excluding hydrogens is 294 g/mol. The molecule has 0 aliphatic rings. The number of carboxylic acids is 1. The van der Waals surface area contributed by atoms with Gasteiger partial charge in [0.25, 0.3) is 5.91 Å². The van der Waals surface area contributed by atoms with Crippen LogP contribution in [0.15, 0.2) is 12.4 Å². The Bertz CT molecular complexity index is 670. The molecule has 2 heterocycles. The van der Waals surface area contributed by atoms with Gasteiger partial charge in [0, 0.05) is 11.6 Å². The molecule has 2 rings (SSSR count). The van der Waals surface area contributed by atoms with E-state index in [2.05, 4.69) is 20.0 Å². The molecule has 0 saturated carbocycles. The van der Waals surface area contributed by atoms with Crippen LogP contribution in [0.25, 0.3) is 0 Å². The Morgan fingerprint density at radius 1 is 1.43 bits per heavy atom. The summed E-state index contributed by atoms with van der Waals surface area (Å²) in [6.07, 6.45) is 2.85. The zero-order valence-electron chi connectivity index (χ0n) is 11.8. The molecule has 112 valence electrons. The van der Waals surface area contributed by atoms with E-state index in [1.807, 2.05) is 20.8 Å². The van der Waals surface area contributed by atoms with Crippen LogP contribution in [-0.4, -0.2) is 36.4 Å². The summed E-state index contributed by atoms with van der Waals surface area (Å²) in [6.45, 7) is 5.59. The van der Waals surface area contributed by atoms with Gasteiger partial charge in [0.1, 0.15) is 11.4 Å². The first-order valence-corrected chi connectivity index (χ1v) is 6.93. The van der Waals surface area contributed by atoms with E-state index in [4.69, 9.17) is 5.11 Å². The Hall–Kier alpha value is -2.29. The lowest BCUT2D eigenvalue weighted by atomic mass is 9.91. The van der Waals surface area contributed by atoms with Crippen LogP contribution < -0.4 is 5.32 Å². The van der Waals surface area contributed by atoms with Gasteiger partial charge in [-0.3, -0.25) is 14.3 Å². The molecule has 2 aromatic rings. The van der Waals surface area contributed by atoms with Crippen molar-refractivity contribution >= 4 is 29.1 Å². The summed E-state index contributed by atoms with van der Waals surface area (Å²) in [5, 5.41) is 19.2. The number of carboxylic acid groups (broad SMARTS) is 1. The number of carbonyl (C=O) groups excluding carboxylic acids is 1. The van der Waals surface area contributed by atoms with E-state index in [0.717, 1.165) is 11.5 Å². The van der Waals surface area contributed by atoms with Crippen molar-refractivity contribution in [2.45, 2.75) is 32.7 Å². The molecule has 2 aromatic heterocycles. The van der Waals surface area contributed by atoms with Crippen LogP contribution in [-0.2, 0) is 16.8 Å². The molecule has 9 heteroatoms. The minimum atomic E-state index is -1.00. The smallest absolute Gasteiger partial charge is 0.325 e. The van der Waals surface area contributed by atoms with Gasteiger partial charge in [0.15, 0.2) is 0 Å². The predicted octanol–water partition coefficient (Wildman–Crippen LogP) is 1.37. The third-order valence-corrected chi connectivity index (χ3v) is 3.32. The molecule has 0 radical (unpaired) electrons. The third-order valence-electron chi connectivity index (χ3n) is 2.59. The van der Waals surface area contributed by atoms with E-state index in [0.29, 0.717) is 16.3 Å². The van der Waals surface area contributed by atoms with E-state index in [9.17, 15) is 9.59 Å². The molecule has 0 aliphatic carbocycles. The zero-order chi connectivity index (χ0) is 15.6. The van der Waals surface area contributed by atoms with E-state index in [1.54, 1.807) is 0 Å². The van der Waals surface area contributed by atoms with Crippen LogP contribution in [0.3, 0.4) is 0 Å². The van der Waals surface area contributed by atoms with Gasteiger partial charge >= 0.3 is 5.97 Å². The number of carbonyl (C=O) groups is 2. The van der Waals surface area contributed by atoms with Crippen molar-refractivity contribution in [3.05, 3.63) is 23.0 Å². The first-order chi connectivity index (χ1) is 9.77. The van der Waals surface area contributed by atoms with Crippen LogP contribution in [0.5, 0.6) is 0 Å². The molecular formula is C12H15N5O3S. The molecule has 0 bridgehead atoms. The standard InChI is InChI=1S/C12H15N5O3S/c1-12(2,3)10-9(21-16-15-10)11(20)14-7-4-13-17(5-7)6-8(18)19/h4-5H,6H2,1-3H3,(H,14,20)(H,18,19). The van der Waals surface area contributed by atoms with Gasteiger partial charge in [-0.1, -0.05) is 25.3 Å². The molecule has 0 saturated heterocycles. The van der Waals surface area contributed by atoms with Crippen LogP contribution >= 0.6 is 11.5 Å². The Morgan fingerprint density at radius 2 is 2.14 bits per heavy atom. The molecule has 0 spiro atoms. The maximum absolute atomic E-state index is 12.2. The van der Waals surface area contributed by atoms with Crippen molar-refractivity contribution in [3.8, 4) is 0 Å². The van der Waals surface area contributed by atoms with Gasteiger partial charge in [0.2, 0.25) is 0 Å².